The van der Waals surface area contributed by atoms with Crippen LogP contribution in [0.2, 0.25) is 10.0 Å². The highest BCUT2D eigenvalue weighted by molar-refractivity contribution is 7.22. The van der Waals surface area contributed by atoms with Gasteiger partial charge in [-0.25, -0.2) is 4.98 Å². The predicted octanol–water partition coefficient (Wildman–Crippen LogP) is 6.12. The largest absolute Gasteiger partial charge is 0.493 e. The lowest BCUT2D eigenvalue weighted by molar-refractivity contribution is -0.123. The van der Waals surface area contributed by atoms with Gasteiger partial charge >= 0.3 is 0 Å². The average molecular weight is 566 g/mol. The summed E-state index contributed by atoms with van der Waals surface area (Å²) in [6.45, 7) is 0.162. The Hall–Kier alpha value is -3.85. The Morgan fingerprint density at radius 1 is 0.974 bits per heavy atom. The summed E-state index contributed by atoms with van der Waals surface area (Å²) in [5.41, 5.74) is 2.87. The molecule has 0 radical (unpaired) electrons. The maximum absolute atomic E-state index is 13.3. The lowest BCUT2D eigenvalue weighted by atomic mass is 10.2. The number of hydrogen-bond acceptors (Lipinski definition) is 6. The molecule has 0 aliphatic heterocycles. The summed E-state index contributed by atoms with van der Waals surface area (Å²) >= 11 is 13.3. The molecule has 5 aromatic rings. The molecule has 0 fully saturated rings. The highest BCUT2D eigenvalue weighted by Gasteiger charge is 2.14. The number of halogens is 2. The summed E-state index contributed by atoms with van der Waals surface area (Å²) in [5, 5.41) is 4.08. The summed E-state index contributed by atoms with van der Waals surface area (Å²) in [7, 11) is 1.49. The van der Waals surface area contributed by atoms with E-state index in [0.29, 0.717) is 44.0 Å². The molecule has 38 heavy (non-hydrogen) atoms. The molecule has 192 valence electrons. The van der Waals surface area contributed by atoms with Crippen LogP contribution in [0.3, 0.4) is 0 Å². The van der Waals surface area contributed by atoms with Gasteiger partial charge in [-0.1, -0.05) is 47.5 Å². The molecule has 1 N–H and O–H groups in total. The zero-order chi connectivity index (χ0) is 26.6. The Morgan fingerprint density at radius 3 is 2.39 bits per heavy atom. The molecule has 0 aliphatic carbocycles. The SMILES string of the molecule is COc1cc(-n2cnc3cc(-c4ccc(Cl)cc4)sc3c2=O)ccc1OCC(=O)NCc1ccc(Cl)cc1. The number of benzene rings is 3. The smallest absolute Gasteiger partial charge is 0.275 e. The molecule has 2 aromatic heterocycles. The van der Waals surface area contributed by atoms with Crippen molar-refractivity contribution in [3.05, 3.63) is 105 Å². The van der Waals surface area contributed by atoms with Crippen LogP contribution in [0.5, 0.6) is 11.5 Å². The van der Waals surface area contributed by atoms with Gasteiger partial charge in [-0.05, 0) is 53.6 Å². The van der Waals surface area contributed by atoms with Gasteiger partial charge in [-0.15, -0.1) is 11.3 Å². The van der Waals surface area contributed by atoms with Gasteiger partial charge in [0.05, 0.1) is 18.3 Å². The minimum atomic E-state index is -0.286. The lowest BCUT2D eigenvalue weighted by Crippen LogP contribution is -2.28. The molecule has 10 heteroatoms. The maximum atomic E-state index is 13.3. The fourth-order valence-electron chi connectivity index (χ4n) is 3.78. The number of ether oxygens (including phenoxy) is 2. The molecule has 2 heterocycles. The number of nitrogens with one attached hydrogen (secondary N) is 1. The highest BCUT2D eigenvalue weighted by atomic mass is 35.5. The highest BCUT2D eigenvalue weighted by Crippen LogP contribution is 2.33. The minimum absolute atomic E-state index is 0.195. The number of fused-ring (bicyclic) bond motifs is 1. The number of nitrogens with zero attached hydrogens (tertiary/aromatic N) is 2. The van der Waals surface area contributed by atoms with E-state index in [9.17, 15) is 9.59 Å². The fraction of sp³-hybridized carbons (Fsp3) is 0.107. The number of thiophene rings is 1. The number of rotatable bonds is 8. The van der Waals surface area contributed by atoms with Gasteiger partial charge in [0, 0.05) is 27.5 Å². The van der Waals surface area contributed by atoms with E-state index in [1.807, 2.05) is 42.5 Å². The minimum Gasteiger partial charge on any atom is -0.493 e. The molecule has 1 amide bonds. The van der Waals surface area contributed by atoms with E-state index in [1.54, 1.807) is 30.3 Å². The van der Waals surface area contributed by atoms with E-state index in [4.69, 9.17) is 32.7 Å². The Balaban J connectivity index is 1.31. The molecule has 0 saturated heterocycles. The second kappa shape index (κ2) is 11.3. The van der Waals surface area contributed by atoms with Crippen LogP contribution in [-0.2, 0) is 11.3 Å². The molecule has 7 nitrogen and oxygen atoms in total. The standard InChI is InChI=1S/C28H21Cl2N3O4S/c1-36-24-12-21(10-11-23(24)37-15-26(34)31-14-17-2-6-19(29)7-3-17)33-16-32-22-13-25(38-27(22)28(33)35)18-4-8-20(30)9-5-18/h2-13,16H,14-15H2,1H3,(H,31,34). The third-order valence-electron chi connectivity index (χ3n) is 5.75. The molecule has 5 rings (SSSR count). The monoisotopic (exact) mass is 565 g/mol. The van der Waals surface area contributed by atoms with Gasteiger partial charge in [0.15, 0.2) is 18.1 Å². The van der Waals surface area contributed by atoms with Crippen LogP contribution in [0.25, 0.3) is 26.3 Å². The van der Waals surface area contributed by atoms with E-state index >= 15 is 0 Å². The summed E-state index contributed by atoms with van der Waals surface area (Å²) in [4.78, 5) is 31.0. The van der Waals surface area contributed by atoms with Crippen molar-refractivity contribution >= 4 is 50.7 Å². The van der Waals surface area contributed by atoms with Gasteiger partial charge < -0.3 is 14.8 Å². The second-order valence-electron chi connectivity index (χ2n) is 8.28. The van der Waals surface area contributed by atoms with Crippen molar-refractivity contribution in [2.24, 2.45) is 0 Å². The van der Waals surface area contributed by atoms with Gasteiger partial charge in [0.25, 0.3) is 11.5 Å². The topological polar surface area (TPSA) is 82.5 Å². The molecule has 0 saturated carbocycles. The van der Waals surface area contributed by atoms with Crippen LogP contribution in [-0.4, -0.2) is 29.2 Å². The number of carbonyl (C=O) groups excluding carboxylic acids is 1. The zero-order valence-electron chi connectivity index (χ0n) is 20.1. The summed E-state index contributed by atoms with van der Waals surface area (Å²) < 4.78 is 13.1. The summed E-state index contributed by atoms with van der Waals surface area (Å²) in [6.07, 6.45) is 1.49. The quantitative estimate of drug-likeness (QED) is 0.245. The van der Waals surface area contributed by atoms with Crippen molar-refractivity contribution in [2.75, 3.05) is 13.7 Å². The van der Waals surface area contributed by atoms with Crippen molar-refractivity contribution in [2.45, 2.75) is 6.54 Å². The molecule has 0 atom stereocenters. The second-order valence-corrected chi connectivity index (χ2v) is 10.2. The summed E-state index contributed by atoms with van der Waals surface area (Å²) in [6, 6.07) is 21.6. The third-order valence-corrected chi connectivity index (χ3v) is 7.42. The van der Waals surface area contributed by atoms with E-state index in [2.05, 4.69) is 10.3 Å². The predicted molar refractivity (Wildman–Crippen MR) is 151 cm³/mol. The molecular formula is C28H21Cl2N3O4S. The molecule has 0 spiro atoms. The van der Waals surface area contributed by atoms with Crippen LogP contribution in [0, 0.1) is 0 Å². The molecule has 3 aromatic carbocycles. The van der Waals surface area contributed by atoms with Crippen LogP contribution in [0.4, 0.5) is 0 Å². The van der Waals surface area contributed by atoms with Crippen molar-refractivity contribution in [1.82, 2.24) is 14.9 Å². The van der Waals surface area contributed by atoms with Gasteiger partial charge in [-0.2, -0.15) is 0 Å². The van der Waals surface area contributed by atoms with E-state index in [1.165, 1.54) is 29.3 Å². The Bertz CT molecular complexity index is 1670. The van der Waals surface area contributed by atoms with Crippen molar-refractivity contribution in [3.63, 3.8) is 0 Å². The number of methoxy groups -OCH3 is 1. The van der Waals surface area contributed by atoms with Crippen LogP contribution in [0.15, 0.2) is 83.9 Å². The molecule has 0 unspecified atom stereocenters. The Labute approximate surface area is 232 Å². The van der Waals surface area contributed by atoms with E-state index < -0.39 is 0 Å². The number of amides is 1. The Kier molecular flexibility index (Phi) is 7.64. The first-order chi connectivity index (χ1) is 18.4. The first-order valence-corrected chi connectivity index (χ1v) is 13.1. The van der Waals surface area contributed by atoms with Crippen molar-refractivity contribution in [3.8, 4) is 27.6 Å². The van der Waals surface area contributed by atoms with Gasteiger partial charge in [0.2, 0.25) is 0 Å². The first-order valence-electron chi connectivity index (χ1n) is 11.5. The van der Waals surface area contributed by atoms with Crippen molar-refractivity contribution in [1.29, 1.82) is 0 Å². The number of aromatic nitrogens is 2. The normalized spacial score (nSPS) is 10.9. The van der Waals surface area contributed by atoms with E-state index in [0.717, 1.165) is 16.0 Å². The van der Waals surface area contributed by atoms with Crippen LogP contribution >= 0.6 is 34.5 Å². The Morgan fingerprint density at radius 2 is 1.68 bits per heavy atom. The lowest BCUT2D eigenvalue weighted by Gasteiger charge is -2.13. The third kappa shape index (κ3) is 5.67. The summed E-state index contributed by atoms with van der Waals surface area (Å²) in [5.74, 6) is 0.472. The maximum Gasteiger partial charge on any atom is 0.275 e. The van der Waals surface area contributed by atoms with Crippen molar-refractivity contribution < 1.29 is 14.3 Å². The first kappa shape index (κ1) is 25.8. The number of hydrogen-bond donors (Lipinski definition) is 1. The fourth-order valence-corrected chi connectivity index (χ4v) is 5.07. The zero-order valence-corrected chi connectivity index (χ0v) is 22.4. The molecule has 0 bridgehead atoms. The van der Waals surface area contributed by atoms with Gasteiger partial charge in [0.1, 0.15) is 11.0 Å². The molecular weight excluding hydrogens is 545 g/mol. The van der Waals surface area contributed by atoms with Gasteiger partial charge in [-0.3, -0.25) is 14.2 Å². The molecule has 0 aliphatic rings. The van der Waals surface area contributed by atoms with Crippen LogP contribution in [0.1, 0.15) is 5.56 Å². The number of carbonyl (C=O) groups is 1. The average Bonchev–Trinajstić information content (AvgIpc) is 3.37. The van der Waals surface area contributed by atoms with Crippen LogP contribution < -0.4 is 20.3 Å². The van der Waals surface area contributed by atoms with E-state index in [-0.39, 0.29) is 18.1 Å².